The first kappa shape index (κ1) is 17.3. The van der Waals surface area contributed by atoms with Gasteiger partial charge in [0, 0.05) is 38.3 Å². The molecule has 2 aromatic rings. The molecule has 1 aliphatic carbocycles. The number of nitrogens with zero attached hydrogens (tertiary/aromatic N) is 4. The lowest BCUT2D eigenvalue weighted by molar-refractivity contribution is 0.248. The predicted molar refractivity (Wildman–Crippen MR) is 104 cm³/mol. The molecule has 1 aromatic carbocycles. The second-order valence-corrected chi connectivity index (χ2v) is 7.14. The lowest BCUT2D eigenvalue weighted by atomic mass is 9.97. The van der Waals surface area contributed by atoms with Crippen LogP contribution in [0.5, 0.6) is 5.88 Å². The largest absolute Gasteiger partial charge is 0.478 e. The van der Waals surface area contributed by atoms with Gasteiger partial charge in [0.15, 0.2) is 0 Å². The summed E-state index contributed by atoms with van der Waals surface area (Å²) >= 11 is 0. The number of benzene rings is 1. The topological polar surface area (TPSA) is 41.5 Å². The number of anilines is 1. The van der Waals surface area contributed by atoms with Crippen LogP contribution in [0.4, 0.5) is 5.95 Å². The molecule has 0 saturated carbocycles. The van der Waals surface area contributed by atoms with Crippen LogP contribution in [0.3, 0.4) is 0 Å². The first-order chi connectivity index (χ1) is 12.8. The van der Waals surface area contributed by atoms with Gasteiger partial charge in [-0.1, -0.05) is 30.3 Å². The van der Waals surface area contributed by atoms with Crippen molar-refractivity contribution in [2.45, 2.75) is 39.2 Å². The molecule has 0 N–H and O–H groups in total. The van der Waals surface area contributed by atoms with Crippen LogP contribution in [0.15, 0.2) is 30.3 Å². The Balaban J connectivity index is 1.44. The number of hydrogen-bond acceptors (Lipinski definition) is 5. The molecule has 1 fully saturated rings. The smallest absolute Gasteiger partial charge is 0.228 e. The van der Waals surface area contributed by atoms with Crippen molar-refractivity contribution in [2.24, 2.45) is 0 Å². The first-order valence-electron chi connectivity index (χ1n) is 9.87. The second-order valence-electron chi connectivity index (χ2n) is 7.14. The molecule has 5 nitrogen and oxygen atoms in total. The molecule has 1 saturated heterocycles. The van der Waals surface area contributed by atoms with Gasteiger partial charge in [0.2, 0.25) is 11.8 Å². The van der Waals surface area contributed by atoms with Gasteiger partial charge in [0.1, 0.15) is 0 Å². The van der Waals surface area contributed by atoms with Crippen LogP contribution >= 0.6 is 0 Å². The number of hydrogen-bond donors (Lipinski definition) is 0. The van der Waals surface area contributed by atoms with Crippen LogP contribution in [0.2, 0.25) is 0 Å². The molecule has 138 valence electrons. The van der Waals surface area contributed by atoms with Crippen molar-refractivity contribution < 1.29 is 4.74 Å². The SMILES string of the molecule is CCOc1nc(N2CCN(Cc3ccccc3)CC2)nc2c1CCCC2. The van der Waals surface area contributed by atoms with Crippen molar-refractivity contribution in [3.8, 4) is 5.88 Å². The summed E-state index contributed by atoms with van der Waals surface area (Å²) in [4.78, 5) is 14.5. The molecule has 2 aliphatic rings. The molecule has 26 heavy (non-hydrogen) atoms. The molecule has 0 amide bonds. The monoisotopic (exact) mass is 352 g/mol. The Bertz CT molecular complexity index is 726. The third-order valence-electron chi connectivity index (χ3n) is 5.32. The maximum absolute atomic E-state index is 5.85. The summed E-state index contributed by atoms with van der Waals surface area (Å²) in [5.41, 5.74) is 3.82. The van der Waals surface area contributed by atoms with Crippen molar-refractivity contribution in [3.05, 3.63) is 47.2 Å². The number of ether oxygens (including phenoxy) is 1. The standard InChI is InChI=1S/C21H28N4O/c1-2-26-20-18-10-6-7-11-19(18)22-21(23-20)25-14-12-24(13-15-25)16-17-8-4-3-5-9-17/h3-5,8-9H,2,6-7,10-16H2,1H3. The molecule has 1 aliphatic heterocycles. The lowest BCUT2D eigenvalue weighted by Gasteiger charge is -2.35. The molecule has 4 rings (SSSR count). The third kappa shape index (κ3) is 3.83. The highest BCUT2D eigenvalue weighted by atomic mass is 16.5. The first-order valence-corrected chi connectivity index (χ1v) is 9.87. The van der Waals surface area contributed by atoms with E-state index < -0.39 is 0 Å². The van der Waals surface area contributed by atoms with Gasteiger partial charge in [-0.05, 0) is 38.2 Å². The van der Waals surface area contributed by atoms with E-state index in [9.17, 15) is 0 Å². The molecular formula is C21H28N4O. The van der Waals surface area contributed by atoms with Crippen molar-refractivity contribution in [2.75, 3.05) is 37.7 Å². The summed E-state index contributed by atoms with van der Waals surface area (Å²) in [5, 5.41) is 0. The molecule has 0 unspecified atom stereocenters. The van der Waals surface area contributed by atoms with Crippen LogP contribution in [0.25, 0.3) is 0 Å². The molecule has 5 heteroatoms. The minimum Gasteiger partial charge on any atom is -0.478 e. The summed E-state index contributed by atoms with van der Waals surface area (Å²) in [6, 6.07) is 10.7. The Labute approximate surface area is 156 Å². The van der Waals surface area contributed by atoms with Gasteiger partial charge in [-0.2, -0.15) is 4.98 Å². The maximum atomic E-state index is 5.85. The van der Waals surface area contributed by atoms with Crippen molar-refractivity contribution in [1.29, 1.82) is 0 Å². The van der Waals surface area contributed by atoms with Gasteiger partial charge < -0.3 is 9.64 Å². The number of piperazine rings is 1. The zero-order valence-electron chi connectivity index (χ0n) is 15.7. The number of rotatable bonds is 5. The van der Waals surface area contributed by atoms with Crippen molar-refractivity contribution in [3.63, 3.8) is 0 Å². The Hall–Kier alpha value is -2.14. The third-order valence-corrected chi connectivity index (χ3v) is 5.32. The van der Waals surface area contributed by atoms with E-state index in [1.165, 1.54) is 29.7 Å². The van der Waals surface area contributed by atoms with Gasteiger partial charge in [-0.25, -0.2) is 4.98 Å². The maximum Gasteiger partial charge on any atom is 0.228 e. The van der Waals surface area contributed by atoms with E-state index in [1.807, 2.05) is 6.92 Å². The Morgan fingerprint density at radius 2 is 1.73 bits per heavy atom. The Morgan fingerprint density at radius 1 is 0.962 bits per heavy atom. The summed E-state index contributed by atoms with van der Waals surface area (Å²) in [6.45, 7) is 7.73. The minimum atomic E-state index is 0.660. The van der Waals surface area contributed by atoms with E-state index >= 15 is 0 Å². The number of aryl methyl sites for hydroxylation is 1. The fraction of sp³-hybridized carbons (Fsp3) is 0.524. The highest BCUT2D eigenvalue weighted by Crippen LogP contribution is 2.29. The van der Waals surface area contributed by atoms with Crippen molar-refractivity contribution in [1.82, 2.24) is 14.9 Å². The normalized spacial score (nSPS) is 17.8. The van der Waals surface area contributed by atoms with E-state index in [4.69, 9.17) is 14.7 Å². The van der Waals surface area contributed by atoms with Gasteiger partial charge in [-0.3, -0.25) is 4.90 Å². The molecular weight excluding hydrogens is 324 g/mol. The highest BCUT2D eigenvalue weighted by Gasteiger charge is 2.24. The molecule has 0 spiro atoms. The van der Waals surface area contributed by atoms with E-state index in [-0.39, 0.29) is 0 Å². The van der Waals surface area contributed by atoms with E-state index in [1.54, 1.807) is 0 Å². The van der Waals surface area contributed by atoms with Gasteiger partial charge in [0.25, 0.3) is 0 Å². The van der Waals surface area contributed by atoms with Crippen LogP contribution in [0.1, 0.15) is 36.6 Å². The molecule has 0 radical (unpaired) electrons. The molecule has 1 aromatic heterocycles. The zero-order chi connectivity index (χ0) is 17.8. The minimum absolute atomic E-state index is 0.660. The summed E-state index contributed by atoms with van der Waals surface area (Å²) in [7, 11) is 0. The number of fused-ring (bicyclic) bond motifs is 1. The average molecular weight is 352 g/mol. The molecule has 2 heterocycles. The lowest BCUT2D eigenvalue weighted by Crippen LogP contribution is -2.46. The van der Waals surface area contributed by atoms with Gasteiger partial charge in [-0.15, -0.1) is 0 Å². The summed E-state index contributed by atoms with van der Waals surface area (Å²) in [5.74, 6) is 1.67. The highest BCUT2D eigenvalue weighted by molar-refractivity contribution is 5.42. The fourth-order valence-electron chi connectivity index (χ4n) is 3.89. The molecule has 0 atom stereocenters. The average Bonchev–Trinajstić information content (AvgIpc) is 2.69. The van der Waals surface area contributed by atoms with Gasteiger partial charge >= 0.3 is 0 Å². The summed E-state index contributed by atoms with van der Waals surface area (Å²) < 4.78 is 5.85. The van der Waals surface area contributed by atoms with Gasteiger partial charge in [0.05, 0.1) is 12.3 Å². The summed E-state index contributed by atoms with van der Waals surface area (Å²) in [6.07, 6.45) is 4.54. The van der Waals surface area contributed by atoms with E-state index in [0.717, 1.165) is 57.4 Å². The van der Waals surface area contributed by atoms with Crippen LogP contribution < -0.4 is 9.64 Å². The fourth-order valence-corrected chi connectivity index (χ4v) is 3.89. The van der Waals surface area contributed by atoms with Crippen molar-refractivity contribution >= 4 is 5.95 Å². The number of aromatic nitrogens is 2. The van der Waals surface area contributed by atoms with Crippen LogP contribution in [-0.4, -0.2) is 47.7 Å². The predicted octanol–water partition coefficient (Wildman–Crippen LogP) is 3.08. The second kappa shape index (κ2) is 8.04. The quantitative estimate of drug-likeness (QED) is 0.827. The van der Waals surface area contributed by atoms with Crippen LogP contribution in [0, 0.1) is 0 Å². The molecule has 0 bridgehead atoms. The van der Waals surface area contributed by atoms with Crippen LogP contribution in [-0.2, 0) is 19.4 Å². The Morgan fingerprint density at radius 3 is 2.50 bits per heavy atom. The Kier molecular flexibility index (Phi) is 5.34. The van der Waals surface area contributed by atoms with E-state index in [2.05, 4.69) is 40.1 Å². The van der Waals surface area contributed by atoms with E-state index in [0.29, 0.717) is 6.61 Å². The zero-order valence-corrected chi connectivity index (χ0v) is 15.7.